The van der Waals surface area contributed by atoms with E-state index in [-0.39, 0.29) is 43.9 Å². The molecule has 1 aromatic rings. The van der Waals surface area contributed by atoms with Crippen LogP contribution in [0.2, 0.25) is 0 Å². The maximum absolute atomic E-state index is 14.4. The number of primary amides is 3. The highest BCUT2D eigenvalue weighted by molar-refractivity contribution is 8.76. The molecule has 66 heavy (non-hydrogen) atoms. The van der Waals surface area contributed by atoms with Gasteiger partial charge in [0.2, 0.25) is 65.0 Å². The van der Waals surface area contributed by atoms with Crippen LogP contribution in [0.4, 0.5) is 0 Å². The molecule has 0 radical (unpaired) electrons. The molecule has 0 bridgehead atoms. The predicted molar refractivity (Wildman–Crippen MR) is 242 cm³/mol. The maximum Gasteiger partial charge on any atom is 0.246 e. The maximum atomic E-state index is 14.4. The Morgan fingerprint density at radius 3 is 1.94 bits per heavy atom. The second-order valence-corrected chi connectivity index (χ2v) is 18.4. The molecule has 11 amide bonds. The Morgan fingerprint density at radius 1 is 0.773 bits per heavy atom. The Hall–Kier alpha value is -5.99. The quantitative estimate of drug-likeness (QED) is 0.0688. The fourth-order valence-corrected chi connectivity index (χ4v) is 9.19. The molecule has 2 aliphatic rings. The van der Waals surface area contributed by atoms with Crippen molar-refractivity contribution in [2.45, 2.75) is 107 Å². The summed E-state index contributed by atoms with van der Waals surface area (Å²) in [7, 11) is 2.05. The molecule has 2 saturated heterocycles. The van der Waals surface area contributed by atoms with Crippen LogP contribution in [0.1, 0.15) is 57.9 Å². The van der Waals surface area contributed by atoms with Crippen molar-refractivity contribution in [3.63, 3.8) is 0 Å². The highest BCUT2D eigenvalue weighted by atomic mass is 33.1. The van der Waals surface area contributed by atoms with Crippen LogP contribution in [-0.4, -0.2) is 149 Å². The van der Waals surface area contributed by atoms with Crippen molar-refractivity contribution in [3.8, 4) is 0 Å². The summed E-state index contributed by atoms with van der Waals surface area (Å²) in [6, 6.07) is -2.41. The number of likely N-dealkylation sites (tertiary alicyclic amines) is 1. The van der Waals surface area contributed by atoms with Crippen LogP contribution < -0.4 is 65.9 Å². The van der Waals surface area contributed by atoms with Crippen molar-refractivity contribution < 1.29 is 52.7 Å². The number of hydrogen-bond donors (Lipinski definition) is 12. The molecule has 2 heterocycles. The number of carbonyl (C=O) groups excluding carboxylic acids is 11. The molecule has 3 rings (SSSR count). The normalized spacial score (nSPS) is 24.8. The fourth-order valence-electron chi connectivity index (χ4n) is 6.91. The van der Waals surface area contributed by atoms with Crippen LogP contribution in [0.25, 0.3) is 0 Å². The summed E-state index contributed by atoms with van der Waals surface area (Å²) < 4.78 is 0. The summed E-state index contributed by atoms with van der Waals surface area (Å²) in [5, 5.41) is 17.5. The number of nitrogens with one attached hydrogen (secondary N) is 7. The van der Waals surface area contributed by atoms with E-state index in [0.29, 0.717) is 18.4 Å². The third-order valence-electron chi connectivity index (χ3n) is 10.7. The lowest BCUT2D eigenvalue weighted by atomic mass is 9.96. The molecule has 17 N–H and O–H groups in total. The monoisotopic (exact) mass is 963 g/mol. The van der Waals surface area contributed by atoms with Gasteiger partial charge in [-0.1, -0.05) is 72.2 Å². The fraction of sp³-hybridized carbons (Fsp3) is 0.575. The van der Waals surface area contributed by atoms with Crippen LogP contribution in [0.5, 0.6) is 0 Å². The number of rotatable bonds is 16. The lowest BCUT2D eigenvalue weighted by molar-refractivity contribution is -0.142. The molecule has 0 aliphatic carbocycles. The minimum Gasteiger partial charge on any atom is -0.370 e. The third kappa shape index (κ3) is 17.1. The van der Waals surface area contributed by atoms with Crippen molar-refractivity contribution in [1.29, 1.82) is 0 Å². The zero-order chi connectivity index (χ0) is 49.1. The first-order chi connectivity index (χ1) is 31.2. The molecule has 2 aliphatic heterocycles. The highest BCUT2D eigenvalue weighted by Gasteiger charge is 2.41. The minimum absolute atomic E-state index is 0.00893. The zero-order valence-electron chi connectivity index (χ0n) is 36.7. The van der Waals surface area contributed by atoms with Gasteiger partial charge in [0.15, 0.2) is 0 Å². The average Bonchev–Trinajstić information content (AvgIpc) is 3.77. The van der Waals surface area contributed by atoms with Gasteiger partial charge in [-0.3, -0.25) is 52.7 Å². The molecule has 9 atom stereocenters. The van der Waals surface area contributed by atoms with E-state index in [4.69, 9.17) is 28.7 Å². The Bertz CT molecular complexity index is 1950. The molecule has 0 spiro atoms. The van der Waals surface area contributed by atoms with Crippen molar-refractivity contribution in [2.75, 3.05) is 31.1 Å². The Morgan fingerprint density at radius 2 is 1.35 bits per heavy atom. The number of hydrogen-bond acceptors (Lipinski definition) is 15. The molecular formula is C40H61N13O11S2. The summed E-state index contributed by atoms with van der Waals surface area (Å²) in [5.41, 5.74) is 28.7. The topological polar surface area (TPSA) is 405 Å². The van der Waals surface area contributed by atoms with Gasteiger partial charge in [-0.25, -0.2) is 0 Å². The number of benzene rings is 1. The summed E-state index contributed by atoms with van der Waals surface area (Å²) in [6.45, 7) is 2.89. The van der Waals surface area contributed by atoms with E-state index in [1.807, 2.05) is 0 Å². The predicted octanol–water partition coefficient (Wildman–Crippen LogP) is -5.40. The highest BCUT2D eigenvalue weighted by Crippen LogP contribution is 2.26. The molecular weight excluding hydrogens is 903 g/mol. The van der Waals surface area contributed by atoms with Crippen molar-refractivity contribution in [2.24, 2.45) is 34.6 Å². The van der Waals surface area contributed by atoms with Crippen LogP contribution in [0, 0.1) is 5.92 Å². The number of nitrogens with zero attached hydrogens (tertiary/aromatic N) is 1. The first kappa shape index (κ1) is 54.3. The summed E-state index contributed by atoms with van der Waals surface area (Å²) in [6.07, 6.45) is -0.817. The van der Waals surface area contributed by atoms with Gasteiger partial charge < -0.3 is 70.8 Å². The molecule has 0 unspecified atom stereocenters. The van der Waals surface area contributed by atoms with Crippen LogP contribution in [-0.2, 0) is 59.2 Å². The van der Waals surface area contributed by atoms with Gasteiger partial charge in [-0.05, 0) is 37.3 Å². The third-order valence-corrected chi connectivity index (χ3v) is 13.1. The lowest BCUT2D eigenvalue weighted by Crippen LogP contribution is -2.62. The van der Waals surface area contributed by atoms with Crippen molar-refractivity contribution in [3.05, 3.63) is 35.9 Å². The van der Waals surface area contributed by atoms with Gasteiger partial charge in [-0.2, -0.15) is 0 Å². The summed E-state index contributed by atoms with van der Waals surface area (Å²) in [5.74, 6) is -10.7. The molecule has 26 heteroatoms. The van der Waals surface area contributed by atoms with E-state index in [2.05, 4.69) is 37.2 Å². The minimum atomic E-state index is -1.78. The van der Waals surface area contributed by atoms with E-state index in [1.165, 1.54) is 4.90 Å². The number of nitrogens with two attached hydrogens (primary N) is 5. The van der Waals surface area contributed by atoms with E-state index in [1.54, 1.807) is 44.2 Å². The molecule has 2 fully saturated rings. The molecule has 0 saturated carbocycles. The zero-order valence-corrected chi connectivity index (χ0v) is 38.3. The Labute approximate surface area is 389 Å². The summed E-state index contributed by atoms with van der Waals surface area (Å²) >= 11 is 0. The first-order valence-corrected chi connectivity index (χ1v) is 23.7. The van der Waals surface area contributed by atoms with E-state index >= 15 is 0 Å². The largest absolute Gasteiger partial charge is 0.370 e. The second kappa shape index (κ2) is 26.8. The van der Waals surface area contributed by atoms with Gasteiger partial charge in [0.25, 0.3) is 0 Å². The van der Waals surface area contributed by atoms with Crippen LogP contribution in [0.15, 0.2) is 30.3 Å². The van der Waals surface area contributed by atoms with Gasteiger partial charge in [-0.15, -0.1) is 0 Å². The van der Waals surface area contributed by atoms with E-state index in [9.17, 15) is 52.7 Å². The number of carbonyl (C=O) groups is 11. The SMILES string of the molecule is CC[C@H](C)[C@@H]1NC(=O)[C@H](Cc2ccccc2)NC(=O)[C@@H](N)CSSC[C@@H](C(=O)N2CCC[C@H]2C(=O)N[C@@H](CCN)C(=O)NCC(N)=O)NC(=O)[C@H](CC(N)=O)NC(=O)[C@H](CC(N)=O)NC1=O. The molecule has 0 aromatic heterocycles. The van der Waals surface area contributed by atoms with Crippen LogP contribution in [0.3, 0.4) is 0 Å². The number of amides is 11. The smallest absolute Gasteiger partial charge is 0.246 e. The van der Waals surface area contributed by atoms with Gasteiger partial charge in [0.05, 0.1) is 25.4 Å². The molecule has 1 aromatic carbocycles. The van der Waals surface area contributed by atoms with E-state index in [0.717, 1.165) is 21.6 Å². The van der Waals surface area contributed by atoms with Crippen molar-refractivity contribution >= 4 is 86.6 Å². The van der Waals surface area contributed by atoms with Crippen molar-refractivity contribution in [1.82, 2.24) is 42.1 Å². The molecule has 24 nitrogen and oxygen atoms in total. The average molecular weight is 964 g/mol. The Kier molecular flexibility index (Phi) is 22.1. The Balaban J connectivity index is 2.03. The van der Waals surface area contributed by atoms with Gasteiger partial charge in [0, 0.05) is 24.5 Å². The second-order valence-electron chi connectivity index (χ2n) is 15.8. The van der Waals surface area contributed by atoms with E-state index < -0.39 is 139 Å². The summed E-state index contributed by atoms with van der Waals surface area (Å²) in [4.78, 5) is 147. The standard InChI is InChI=1S/C40H61N13O11S2/c1-3-20(2)32-39(63)50-26(16-30(44)55)35(59)49-25(15-29(43)54)36(60)51-27(19-66-65-18-22(42)33(57)48-24(37(61)52-32)14-21-8-5-4-6-9-21)40(64)53-13-7-10-28(53)38(62)47-23(11-12-41)34(58)46-17-31(45)56/h4-6,8-9,20,22-28,32H,3,7,10-19,41-42H2,1-2H3,(H2,43,54)(H2,44,55)(H2,45,56)(H,46,58)(H,47,62)(H,48,57)(H,49,59)(H,50,63)(H,51,60)(H,52,61)/t20-,22-,23-,24-,25-,26-,27-,28-,32-/m0/s1. The first-order valence-electron chi connectivity index (χ1n) is 21.2. The molecule has 364 valence electrons. The van der Waals surface area contributed by atoms with Gasteiger partial charge in [0.1, 0.15) is 42.3 Å². The lowest BCUT2D eigenvalue weighted by Gasteiger charge is -2.31. The van der Waals surface area contributed by atoms with Gasteiger partial charge >= 0.3 is 0 Å². The van der Waals surface area contributed by atoms with Crippen LogP contribution >= 0.6 is 21.6 Å².